The average Bonchev–Trinajstić information content (AvgIpc) is 3.10. The largest absolute Gasteiger partial charge is 0.325 e. The van der Waals surface area contributed by atoms with E-state index < -0.39 is 5.54 Å². The molecule has 0 aliphatic carbocycles. The Bertz CT molecular complexity index is 541. The number of imide groups is 1. The van der Waals surface area contributed by atoms with Gasteiger partial charge in [-0.2, -0.15) is 11.3 Å². The lowest BCUT2D eigenvalue weighted by atomic mass is 10.1. The summed E-state index contributed by atoms with van der Waals surface area (Å²) in [5, 5.41) is 7.02. The van der Waals surface area contributed by atoms with Crippen LogP contribution in [-0.2, 0) is 4.79 Å². The molecule has 2 aliphatic rings. The minimum absolute atomic E-state index is 0.126. The number of carbonyl (C=O) groups excluding carboxylic acids is 2. The van der Waals surface area contributed by atoms with Gasteiger partial charge in [-0.25, -0.2) is 4.79 Å². The van der Waals surface area contributed by atoms with Gasteiger partial charge in [0.1, 0.15) is 5.54 Å². The van der Waals surface area contributed by atoms with Crippen LogP contribution < -0.4 is 5.32 Å². The molecule has 3 heterocycles. The summed E-state index contributed by atoms with van der Waals surface area (Å²) in [4.78, 5) is 27.8. The molecule has 2 fully saturated rings. The number of hydrogen-bond acceptors (Lipinski definition) is 4. The van der Waals surface area contributed by atoms with Crippen LogP contribution in [-0.4, -0.2) is 46.9 Å². The van der Waals surface area contributed by atoms with Gasteiger partial charge in [0.2, 0.25) is 0 Å². The topological polar surface area (TPSA) is 52.7 Å². The van der Waals surface area contributed by atoms with Crippen LogP contribution in [0.1, 0.15) is 38.3 Å². The summed E-state index contributed by atoms with van der Waals surface area (Å²) < 4.78 is 0. The number of hydrogen-bond donors (Lipinski definition) is 1. The molecule has 114 valence electrons. The van der Waals surface area contributed by atoms with Crippen molar-refractivity contribution >= 4 is 23.3 Å². The number of rotatable bonds is 4. The molecule has 1 atom stereocenters. The van der Waals surface area contributed by atoms with E-state index in [2.05, 4.69) is 27.0 Å². The zero-order chi connectivity index (χ0) is 15.0. The highest BCUT2D eigenvalue weighted by molar-refractivity contribution is 7.07. The Morgan fingerprint density at radius 2 is 2.19 bits per heavy atom. The lowest BCUT2D eigenvalue weighted by molar-refractivity contribution is -0.130. The second-order valence-electron chi connectivity index (χ2n) is 6.26. The van der Waals surface area contributed by atoms with E-state index in [4.69, 9.17) is 0 Å². The molecule has 5 nitrogen and oxygen atoms in total. The van der Waals surface area contributed by atoms with Crippen LogP contribution in [0.2, 0.25) is 0 Å². The standard InChI is InChI=1S/C15H21N3O2S/c1-15(2)13(19)18(14(20)16-15)8-7-17-6-3-4-12(17)11-5-9-21-10-11/h5,9-10,12H,3-4,6-8H2,1-2H3,(H,16,20). The van der Waals surface area contributed by atoms with Crippen molar-refractivity contribution in [3.8, 4) is 0 Å². The molecule has 1 N–H and O–H groups in total. The van der Waals surface area contributed by atoms with E-state index in [0.29, 0.717) is 12.6 Å². The Kier molecular flexibility index (Phi) is 3.75. The second-order valence-corrected chi connectivity index (χ2v) is 7.04. The molecule has 2 aliphatic heterocycles. The van der Waals surface area contributed by atoms with Gasteiger partial charge in [-0.1, -0.05) is 0 Å². The van der Waals surface area contributed by atoms with E-state index in [1.807, 2.05) is 0 Å². The van der Waals surface area contributed by atoms with Gasteiger partial charge in [0, 0.05) is 19.1 Å². The fraction of sp³-hybridized carbons (Fsp3) is 0.600. The molecule has 0 bridgehead atoms. The summed E-state index contributed by atoms with van der Waals surface area (Å²) in [5.74, 6) is -0.126. The van der Waals surface area contributed by atoms with Gasteiger partial charge in [0.05, 0.1) is 0 Å². The molecule has 0 saturated carbocycles. The predicted octanol–water partition coefficient (Wildman–Crippen LogP) is 2.22. The number of nitrogens with zero attached hydrogens (tertiary/aromatic N) is 2. The Balaban J connectivity index is 1.63. The van der Waals surface area contributed by atoms with Crippen molar-refractivity contribution in [2.75, 3.05) is 19.6 Å². The maximum atomic E-state index is 12.2. The Labute approximate surface area is 128 Å². The third-order valence-electron chi connectivity index (χ3n) is 4.35. The zero-order valence-corrected chi connectivity index (χ0v) is 13.3. The lowest BCUT2D eigenvalue weighted by Crippen LogP contribution is -2.41. The molecular weight excluding hydrogens is 286 g/mol. The van der Waals surface area contributed by atoms with Crippen molar-refractivity contribution in [1.29, 1.82) is 0 Å². The molecule has 1 unspecified atom stereocenters. The third-order valence-corrected chi connectivity index (χ3v) is 5.05. The molecule has 3 rings (SSSR count). The van der Waals surface area contributed by atoms with Crippen LogP contribution in [0.5, 0.6) is 0 Å². The van der Waals surface area contributed by atoms with Crippen molar-refractivity contribution in [2.45, 2.75) is 38.3 Å². The highest BCUT2D eigenvalue weighted by Crippen LogP contribution is 2.32. The monoisotopic (exact) mass is 307 g/mol. The van der Waals surface area contributed by atoms with Gasteiger partial charge in [0.25, 0.3) is 5.91 Å². The SMILES string of the molecule is CC1(C)NC(=O)N(CCN2CCCC2c2ccsc2)C1=O. The van der Waals surface area contributed by atoms with Gasteiger partial charge in [-0.3, -0.25) is 14.6 Å². The highest BCUT2D eigenvalue weighted by atomic mass is 32.1. The number of urea groups is 1. The molecule has 0 spiro atoms. The van der Waals surface area contributed by atoms with E-state index >= 15 is 0 Å². The molecule has 21 heavy (non-hydrogen) atoms. The third kappa shape index (κ3) is 2.70. The maximum Gasteiger partial charge on any atom is 0.325 e. The predicted molar refractivity (Wildman–Crippen MR) is 82.2 cm³/mol. The van der Waals surface area contributed by atoms with Crippen LogP contribution in [0.25, 0.3) is 0 Å². The molecule has 2 saturated heterocycles. The Hall–Kier alpha value is -1.40. The van der Waals surface area contributed by atoms with Crippen molar-refractivity contribution in [1.82, 2.24) is 15.1 Å². The van der Waals surface area contributed by atoms with E-state index in [1.54, 1.807) is 25.2 Å². The fourth-order valence-electron chi connectivity index (χ4n) is 3.19. The number of nitrogens with one attached hydrogen (secondary N) is 1. The van der Waals surface area contributed by atoms with Crippen LogP contribution in [0.15, 0.2) is 16.8 Å². The number of thiophene rings is 1. The molecule has 6 heteroatoms. The van der Waals surface area contributed by atoms with Gasteiger partial charge in [-0.05, 0) is 55.6 Å². The summed E-state index contributed by atoms with van der Waals surface area (Å²) in [6.07, 6.45) is 2.33. The van der Waals surface area contributed by atoms with Gasteiger partial charge in [-0.15, -0.1) is 0 Å². The van der Waals surface area contributed by atoms with Gasteiger partial charge in [0.15, 0.2) is 0 Å². The zero-order valence-electron chi connectivity index (χ0n) is 12.5. The van der Waals surface area contributed by atoms with Crippen LogP contribution in [0.4, 0.5) is 4.79 Å². The normalized spacial score (nSPS) is 25.6. The van der Waals surface area contributed by atoms with Crippen LogP contribution >= 0.6 is 11.3 Å². The maximum absolute atomic E-state index is 12.2. The smallest absolute Gasteiger partial charge is 0.324 e. The van der Waals surface area contributed by atoms with Crippen LogP contribution in [0, 0.1) is 0 Å². The average molecular weight is 307 g/mol. The van der Waals surface area contributed by atoms with Crippen LogP contribution in [0.3, 0.4) is 0 Å². The minimum Gasteiger partial charge on any atom is -0.324 e. The Morgan fingerprint density at radius 3 is 2.81 bits per heavy atom. The summed E-state index contributed by atoms with van der Waals surface area (Å²) in [7, 11) is 0. The van der Waals surface area contributed by atoms with E-state index in [9.17, 15) is 9.59 Å². The molecule has 3 amide bonds. The highest BCUT2D eigenvalue weighted by Gasteiger charge is 2.44. The van der Waals surface area contributed by atoms with Crippen molar-refractivity contribution < 1.29 is 9.59 Å². The number of carbonyl (C=O) groups is 2. The first-order valence-electron chi connectivity index (χ1n) is 7.39. The van der Waals surface area contributed by atoms with E-state index in [1.165, 1.54) is 16.9 Å². The summed E-state index contributed by atoms with van der Waals surface area (Å²) in [5.41, 5.74) is 0.588. The lowest BCUT2D eigenvalue weighted by Gasteiger charge is -2.26. The molecule has 0 radical (unpaired) electrons. The first-order valence-corrected chi connectivity index (χ1v) is 8.33. The molecule has 1 aromatic rings. The van der Waals surface area contributed by atoms with Crippen molar-refractivity contribution in [2.24, 2.45) is 0 Å². The number of amides is 3. The van der Waals surface area contributed by atoms with Gasteiger partial charge < -0.3 is 5.32 Å². The summed E-state index contributed by atoms with van der Waals surface area (Å²) in [6, 6.07) is 2.34. The summed E-state index contributed by atoms with van der Waals surface area (Å²) in [6.45, 7) is 5.74. The molecule has 1 aromatic heterocycles. The minimum atomic E-state index is -0.769. The first-order chi connectivity index (χ1) is 9.99. The van der Waals surface area contributed by atoms with E-state index in [-0.39, 0.29) is 11.9 Å². The van der Waals surface area contributed by atoms with Crippen molar-refractivity contribution in [3.63, 3.8) is 0 Å². The second kappa shape index (κ2) is 5.42. The molecular formula is C15H21N3O2S. The van der Waals surface area contributed by atoms with Crippen molar-refractivity contribution in [3.05, 3.63) is 22.4 Å². The first kappa shape index (κ1) is 14.5. The van der Waals surface area contributed by atoms with Gasteiger partial charge >= 0.3 is 6.03 Å². The summed E-state index contributed by atoms with van der Waals surface area (Å²) >= 11 is 1.72. The quantitative estimate of drug-likeness (QED) is 0.868. The fourth-order valence-corrected chi connectivity index (χ4v) is 3.89. The molecule has 0 aromatic carbocycles. The Morgan fingerprint density at radius 1 is 1.38 bits per heavy atom. The number of likely N-dealkylation sites (tertiary alicyclic amines) is 1. The van der Waals surface area contributed by atoms with E-state index in [0.717, 1.165) is 19.5 Å².